The molecular weight excluding hydrogens is 248 g/mol. The summed E-state index contributed by atoms with van der Waals surface area (Å²) in [4.78, 5) is 24.1. The van der Waals surface area contributed by atoms with Crippen LogP contribution in [0.25, 0.3) is 0 Å². The number of hydrogen-bond donors (Lipinski definition) is 1. The van der Waals surface area contributed by atoms with Gasteiger partial charge in [-0.05, 0) is 39.0 Å². The highest BCUT2D eigenvalue weighted by molar-refractivity contribution is 6.12. The Morgan fingerprint density at radius 1 is 1.32 bits per heavy atom. The summed E-state index contributed by atoms with van der Waals surface area (Å²) in [7, 11) is 1.39. The van der Waals surface area contributed by atoms with Crippen molar-refractivity contribution in [2.45, 2.75) is 20.8 Å². The van der Waals surface area contributed by atoms with Crippen LogP contribution >= 0.6 is 0 Å². The molecule has 0 aliphatic carbocycles. The highest BCUT2D eigenvalue weighted by Gasteiger charge is 2.38. The normalized spacial score (nSPS) is 10.9. The van der Waals surface area contributed by atoms with Crippen LogP contribution < -0.4 is 4.74 Å². The SMILES string of the molecule is CCOC(=O)C(C)(C)C(=O)c1ccc(O)c(OC)c1. The highest BCUT2D eigenvalue weighted by Crippen LogP contribution is 2.30. The lowest BCUT2D eigenvalue weighted by atomic mass is 9.84. The molecule has 0 heterocycles. The Labute approximate surface area is 112 Å². The maximum absolute atomic E-state index is 12.3. The highest BCUT2D eigenvalue weighted by atomic mass is 16.5. The van der Waals surface area contributed by atoms with E-state index < -0.39 is 11.4 Å². The summed E-state index contributed by atoms with van der Waals surface area (Å²) >= 11 is 0. The monoisotopic (exact) mass is 266 g/mol. The standard InChI is InChI=1S/C14H18O5/c1-5-19-13(17)14(2,3)12(16)9-6-7-10(15)11(8-9)18-4/h6-8,15H,5H2,1-4H3. The van der Waals surface area contributed by atoms with Crippen molar-refractivity contribution in [3.8, 4) is 11.5 Å². The Bertz CT molecular complexity index is 491. The molecule has 0 bridgehead atoms. The summed E-state index contributed by atoms with van der Waals surface area (Å²) in [6.45, 7) is 4.91. The van der Waals surface area contributed by atoms with Gasteiger partial charge in [-0.15, -0.1) is 0 Å². The van der Waals surface area contributed by atoms with Gasteiger partial charge in [-0.25, -0.2) is 0 Å². The van der Waals surface area contributed by atoms with E-state index in [1.807, 2.05) is 0 Å². The fourth-order valence-electron chi connectivity index (χ4n) is 1.58. The fourth-order valence-corrected chi connectivity index (χ4v) is 1.58. The van der Waals surface area contributed by atoms with Gasteiger partial charge in [-0.2, -0.15) is 0 Å². The van der Waals surface area contributed by atoms with Gasteiger partial charge in [0.25, 0.3) is 0 Å². The Hall–Kier alpha value is -2.04. The van der Waals surface area contributed by atoms with Gasteiger partial charge in [0.2, 0.25) is 0 Å². The quantitative estimate of drug-likeness (QED) is 0.502. The third-order valence-electron chi connectivity index (χ3n) is 2.80. The van der Waals surface area contributed by atoms with Crippen LogP contribution in [0.15, 0.2) is 18.2 Å². The van der Waals surface area contributed by atoms with Crippen LogP contribution in [0.4, 0.5) is 0 Å². The van der Waals surface area contributed by atoms with E-state index in [1.165, 1.54) is 39.2 Å². The molecule has 0 spiro atoms. The molecule has 0 unspecified atom stereocenters. The molecule has 0 saturated heterocycles. The van der Waals surface area contributed by atoms with Crippen LogP contribution in [0.5, 0.6) is 11.5 Å². The van der Waals surface area contributed by atoms with E-state index in [9.17, 15) is 14.7 Å². The third kappa shape index (κ3) is 3.05. The van der Waals surface area contributed by atoms with Crippen molar-refractivity contribution in [2.24, 2.45) is 5.41 Å². The molecular formula is C14H18O5. The average molecular weight is 266 g/mol. The maximum Gasteiger partial charge on any atom is 0.319 e. The van der Waals surface area contributed by atoms with Gasteiger partial charge in [0.05, 0.1) is 13.7 Å². The fraction of sp³-hybridized carbons (Fsp3) is 0.429. The Morgan fingerprint density at radius 2 is 1.95 bits per heavy atom. The molecule has 5 heteroatoms. The van der Waals surface area contributed by atoms with Gasteiger partial charge in [0, 0.05) is 5.56 Å². The number of carbonyl (C=O) groups excluding carboxylic acids is 2. The molecule has 0 saturated carbocycles. The number of carbonyl (C=O) groups is 2. The number of ether oxygens (including phenoxy) is 2. The molecule has 1 N–H and O–H groups in total. The van der Waals surface area contributed by atoms with Gasteiger partial charge in [-0.3, -0.25) is 9.59 Å². The molecule has 1 aromatic carbocycles. The van der Waals surface area contributed by atoms with E-state index in [0.29, 0.717) is 0 Å². The number of benzene rings is 1. The van der Waals surface area contributed by atoms with Crippen LogP contribution in [-0.4, -0.2) is 30.6 Å². The number of rotatable bonds is 5. The second-order valence-corrected chi connectivity index (χ2v) is 4.56. The Morgan fingerprint density at radius 3 is 2.47 bits per heavy atom. The van der Waals surface area contributed by atoms with E-state index in [2.05, 4.69) is 0 Å². The van der Waals surface area contributed by atoms with E-state index >= 15 is 0 Å². The van der Waals surface area contributed by atoms with E-state index in [0.717, 1.165) is 0 Å². The van der Waals surface area contributed by atoms with Crippen molar-refractivity contribution in [3.63, 3.8) is 0 Å². The number of phenolic OH excluding ortho intramolecular Hbond substituents is 1. The predicted molar refractivity (Wildman–Crippen MR) is 69.4 cm³/mol. The first-order valence-electron chi connectivity index (χ1n) is 5.93. The minimum atomic E-state index is -1.28. The van der Waals surface area contributed by atoms with Gasteiger partial charge >= 0.3 is 5.97 Å². The van der Waals surface area contributed by atoms with E-state index in [4.69, 9.17) is 9.47 Å². The van der Waals surface area contributed by atoms with Crippen LogP contribution in [0.3, 0.4) is 0 Å². The van der Waals surface area contributed by atoms with Crippen LogP contribution in [0.1, 0.15) is 31.1 Å². The Kier molecular flexibility index (Phi) is 4.53. The zero-order chi connectivity index (χ0) is 14.6. The summed E-state index contributed by atoms with van der Waals surface area (Å²) in [6.07, 6.45) is 0. The van der Waals surface area contributed by atoms with Gasteiger partial charge in [0.15, 0.2) is 17.3 Å². The second kappa shape index (κ2) is 5.73. The number of ketones is 1. The lowest BCUT2D eigenvalue weighted by Crippen LogP contribution is -2.35. The van der Waals surface area contributed by atoms with Crippen LogP contribution in [0, 0.1) is 5.41 Å². The average Bonchev–Trinajstić information content (AvgIpc) is 2.38. The largest absolute Gasteiger partial charge is 0.504 e. The number of phenols is 1. The van der Waals surface area contributed by atoms with Crippen molar-refractivity contribution in [1.29, 1.82) is 0 Å². The van der Waals surface area contributed by atoms with Crippen molar-refractivity contribution >= 4 is 11.8 Å². The van der Waals surface area contributed by atoms with E-state index in [1.54, 1.807) is 6.92 Å². The first kappa shape index (κ1) is 15.0. The minimum absolute atomic E-state index is 0.0620. The zero-order valence-corrected chi connectivity index (χ0v) is 11.5. The molecule has 104 valence electrons. The van der Waals surface area contributed by atoms with Crippen LogP contribution in [-0.2, 0) is 9.53 Å². The van der Waals surface area contributed by atoms with Gasteiger partial charge in [0.1, 0.15) is 5.41 Å². The van der Waals surface area contributed by atoms with Gasteiger partial charge in [-0.1, -0.05) is 0 Å². The molecule has 0 aliphatic heterocycles. The molecule has 0 aliphatic rings. The second-order valence-electron chi connectivity index (χ2n) is 4.56. The molecule has 19 heavy (non-hydrogen) atoms. The summed E-state index contributed by atoms with van der Waals surface area (Å²) in [5.41, 5.74) is -0.995. The number of aromatic hydroxyl groups is 1. The molecule has 0 amide bonds. The molecule has 0 aromatic heterocycles. The summed E-state index contributed by atoms with van der Waals surface area (Å²) in [5, 5.41) is 9.49. The predicted octanol–water partition coefficient (Wildman–Crippen LogP) is 2.17. The van der Waals surface area contributed by atoms with Gasteiger partial charge < -0.3 is 14.6 Å². The molecule has 0 fully saturated rings. The maximum atomic E-state index is 12.3. The van der Waals surface area contributed by atoms with Crippen LogP contribution in [0.2, 0.25) is 0 Å². The first-order valence-corrected chi connectivity index (χ1v) is 5.93. The lowest BCUT2D eigenvalue weighted by molar-refractivity contribution is -0.150. The van der Waals surface area contributed by atoms with Crippen molar-refractivity contribution < 1.29 is 24.2 Å². The molecule has 1 aromatic rings. The van der Waals surface area contributed by atoms with Crippen molar-refractivity contribution in [1.82, 2.24) is 0 Å². The lowest BCUT2D eigenvalue weighted by Gasteiger charge is -2.21. The number of methoxy groups -OCH3 is 1. The third-order valence-corrected chi connectivity index (χ3v) is 2.80. The summed E-state index contributed by atoms with van der Waals surface area (Å²) < 4.78 is 9.83. The number of esters is 1. The van der Waals surface area contributed by atoms with E-state index in [-0.39, 0.29) is 29.5 Å². The smallest absolute Gasteiger partial charge is 0.319 e. The summed E-state index contributed by atoms with van der Waals surface area (Å²) in [6, 6.07) is 4.20. The topological polar surface area (TPSA) is 72.8 Å². The number of hydrogen-bond acceptors (Lipinski definition) is 5. The molecule has 1 rings (SSSR count). The molecule has 0 atom stereocenters. The van der Waals surface area contributed by atoms with Crippen molar-refractivity contribution in [2.75, 3.05) is 13.7 Å². The summed E-state index contributed by atoms with van der Waals surface area (Å²) in [5.74, 6) is -0.838. The Balaban J connectivity index is 3.09. The molecule has 0 radical (unpaired) electrons. The minimum Gasteiger partial charge on any atom is -0.504 e. The molecule has 5 nitrogen and oxygen atoms in total. The first-order chi connectivity index (χ1) is 8.84. The zero-order valence-electron chi connectivity index (χ0n) is 11.5. The van der Waals surface area contributed by atoms with Crippen molar-refractivity contribution in [3.05, 3.63) is 23.8 Å². The number of Topliss-reactive ketones (excluding diaryl/α,β-unsaturated/α-hetero) is 1.